The zero-order chi connectivity index (χ0) is 20.6. The number of aryl methyl sites for hydroxylation is 2. The minimum absolute atomic E-state index is 0.507. The van der Waals surface area contributed by atoms with Crippen LogP contribution < -0.4 is 5.32 Å². The molecule has 2 heterocycles. The van der Waals surface area contributed by atoms with Gasteiger partial charge >= 0.3 is 6.18 Å². The summed E-state index contributed by atoms with van der Waals surface area (Å²) in [6.07, 6.45) is -2.61. The molecule has 4 nitrogen and oxygen atoms in total. The van der Waals surface area contributed by atoms with Crippen molar-refractivity contribution in [1.82, 2.24) is 15.0 Å². The smallest absolute Gasteiger partial charge is 0.340 e. The first kappa shape index (κ1) is 18.9. The Balaban J connectivity index is 1.69. The van der Waals surface area contributed by atoms with Crippen LogP contribution in [0.3, 0.4) is 0 Å². The van der Waals surface area contributed by atoms with E-state index in [9.17, 15) is 13.2 Å². The molecule has 0 fully saturated rings. The number of hydrogen-bond donors (Lipinski definition) is 1. The van der Waals surface area contributed by atoms with Crippen molar-refractivity contribution < 1.29 is 13.2 Å². The standard InChI is InChI=1S/C22H17F3N4/c1-13-18(10-5-15-4-3-11-26-21(13)15)19-12-20(28-14(2)27-19)29-17-8-6-16(7-9-17)22(23,24)25/h3-12H,1-2H3,(H,27,28,29). The predicted molar refractivity (Wildman–Crippen MR) is 107 cm³/mol. The number of nitrogens with zero attached hydrogens (tertiary/aromatic N) is 3. The minimum atomic E-state index is -4.36. The van der Waals surface area contributed by atoms with Crippen LogP contribution in [-0.2, 0) is 6.18 Å². The third kappa shape index (κ3) is 3.89. The van der Waals surface area contributed by atoms with Gasteiger partial charge in [-0.2, -0.15) is 13.2 Å². The van der Waals surface area contributed by atoms with Crippen LogP contribution in [0.2, 0.25) is 0 Å². The van der Waals surface area contributed by atoms with Crippen molar-refractivity contribution in [3.8, 4) is 11.3 Å². The summed E-state index contributed by atoms with van der Waals surface area (Å²) in [7, 11) is 0. The van der Waals surface area contributed by atoms with Gasteiger partial charge in [0.15, 0.2) is 0 Å². The fourth-order valence-electron chi connectivity index (χ4n) is 3.23. The summed E-state index contributed by atoms with van der Waals surface area (Å²) in [5.74, 6) is 1.06. The molecule has 4 aromatic rings. The molecule has 2 aromatic heterocycles. The molecule has 0 saturated heterocycles. The van der Waals surface area contributed by atoms with Crippen molar-refractivity contribution in [2.45, 2.75) is 20.0 Å². The van der Waals surface area contributed by atoms with Gasteiger partial charge in [-0.1, -0.05) is 18.2 Å². The molecular weight excluding hydrogens is 377 g/mol. The molecule has 0 aliphatic rings. The summed E-state index contributed by atoms with van der Waals surface area (Å²) in [6.45, 7) is 3.77. The molecule has 0 aliphatic carbocycles. The van der Waals surface area contributed by atoms with E-state index in [0.717, 1.165) is 39.9 Å². The largest absolute Gasteiger partial charge is 0.416 e. The van der Waals surface area contributed by atoms with Crippen molar-refractivity contribution in [3.05, 3.63) is 77.7 Å². The summed E-state index contributed by atoms with van der Waals surface area (Å²) in [6, 6.07) is 14.5. The molecule has 0 spiro atoms. The maximum Gasteiger partial charge on any atom is 0.416 e. The highest BCUT2D eigenvalue weighted by atomic mass is 19.4. The van der Waals surface area contributed by atoms with E-state index in [4.69, 9.17) is 0 Å². The molecular formula is C22H17F3N4. The van der Waals surface area contributed by atoms with E-state index in [1.807, 2.05) is 31.2 Å². The highest BCUT2D eigenvalue weighted by Gasteiger charge is 2.29. The Morgan fingerprint density at radius 3 is 2.38 bits per heavy atom. The number of hydrogen-bond acceptors (Lipinski definition) is 4. The predicted octanol–water partition coefficient (Wildman–Crippen LogP) is 6.07. The normalized spacial score (nSPS) is 11.6. The zero-order valence-corrected chi connectivity index (χ0v) is 15.7. The Bertz CT molecular complexity index is 1190. The number of aromatic nitrogens is 3. The number of halogens is 3. The first-order valence-electron chi connectivity index (χ1n) is 8.96. The van der Waals surface area contributed by atoms with Crippen LogP contribution in [0.4, 0.5) is 24.7 Å². The summed E-state index contributed by atoms with van der Waals surface area (Å²) in [4.78, 5) is 13.3. The molecule has 0 saturated carbocycles. The van der Waals surface area contributed by atoms with Gasteiger partial charge in [0.25, 0.3) is 0 Å². The van der Waals surface area contributed by atoms with Crippen LogP contribution in [-0.4, -0.2) is 15.0 Å². The van der Waals surface area contributed by atoms with E-state index < -0.39 is 11.7 Å². The Labute approximate surface area is 165 Å². The van der Waals surface area contributed by atoms with Gasteiger partial charge in [-0.15, -0.1) is 0 Å². The van der Waals surface area contributed by atoms with Gasteiger partial charge in [-0.25, -0.2) is 9.97 Å². The van der Waals surface area contributed by atoms with Crippen molar-refractivity contribution in [1.29, 1.82) is 0 Å². The molecule has 0 amide bonds. The summed E-state index contributed by atoms with van der Waals surface area (Å²) in [5.41, 5.74) is 3.37. The van der Waals surface area contributed by atoms with E-state index in [1.54, 1.807) is 19.2 Å². The molecule has 146 valence electrons. The maximum absolute atomic E-state index is 12.7. The second-order valence-electron chi connectivity index (χ2n) is 6.70. The molecule has 0 bridgehead atoms. The molecule has 0 aliphatic heterocycles. The number of nitrogens with one attached hydrogen (secondary N) is 1. The van der Waals surface area contributed by atoms with E-state index >= 15 is 0 Å². The third-order valence-corrected chi connectivity index (χ3v) is 4.63. The summed E-state index contributed by atoms with van der Waals surface area (Å²) in [5, 5.41) is 4.10. The number of fused-ring (bicyclic) bond motifs is 1. The van der Waals surface area contributed by atoms with Crippen molar-refractivity contribution in [2.75, 3.05) is 5.32 Å². The molecule has 4 rings (SSSR count). The Morgan fingerprint density at radius 1 is 0.897 bits per heavy atom. The van der Waals surface area contributed by atoms with E-state index in [0.29, 0.717) is 17.3 Å². The minimum Gasteiger partial charge on any atom is -0.340 e. The lowest BCUT2D eigenvalue weighted by Crippen LogP contribution is -2.05. The first-order chi connectivity index (χ1) is 13.8. The van der Waals surface area contributed by atoms with Gasteiger partial charge in [0.1, 0.15) is 11.6 Å². The highest BCUT2D eigenvalue weighted by molar-refractivity contribution is 5.88. The zero-order valence-electron chi connectivity index (χ0n) is 15.7. The van der Waals surface area contributed by atoms with Gasteiger partial charge in [0, 0.05) is 28.9 Å². The molecule has 0 unspecified atom stereocenters. The molecule has 29 heavy (non-hydrogen) atoms. The molecule has 1 N–H and O–H groups in total. The van der Waals surface area contributed by atoms with Crippen LogP contribution in [0.15, 0.2) is 60.8 Å². The van der Waals surface area contributed by atoms with Crippen LogP contribution in [0.25, 0.3) is 22.2 Å². The van der Waals surface area contributed by atoms with Gasteiger partial charge in [0.05, 0.1) is 16.8 Å². The Hall–Kier alpha value is -3.48. The van der Waals surface area contributed by atoms with Crippen LogP contribution in [0, 0.1) is 13.8 Å². The van der Waals surface area contributed by atoms with Gasteiger partial charge in [0.2, 0.25) is 0 Å². The lowest BCUT2D eigenvalue weighted by molar-refractivity contribution is -0.137. The van der Waals surface area contributed by atoms with Crippen molar-refractivity contribution in [3.63, 3.8) is 0 Å². The van der Waals surface area contributed by atoms with Crippen LogP contribution in [0.1, 0.15) is 17.0 Å². The summed E-state index contributed by atoms with van der Waals surface area (Å²) >= 11 is 0. The van der Waals surface area contributed by atoms with E-state index in [-0.39, 0.29) is 0 Å². The molecule has 2 aromatic carbocycles. The van der Waals surface area contributed by atoms with Crippen LogP contribution >= 0.6 is 0 Å². The fraction of sp³-hybridized carbons (Fsp3) is 0.136. The molecule has 0 atom stereocenters. The van der Waals surface area contributed by atoms with E-state index in [2.05, 4.69) is 20.3 Å². The monoisotopic (exact) mass is 394 g/mol. The number of pyridine rings is 1. The Kier molecular flexibility index (Phi) is 4.66. The first-order valence-corrected chi connectivity index (χ1v) is 8.96. The van der Waals surface area contributed by atoms with Crippen LogP contribution in [0.5, 0.6) is 0 Å². The van der Waals surface area contributed by atoms with Gasteiger partial charge < -0.3 is 5.32 Å². The quantitative estimate of drug-likeness (QED) is 0.458. The topological polar surface area (TPSA) is 50.7 Å². The molecule has 0 radical (unpaired) electrons. The average molecular weight is 394 g/mol. The summed E-state index contributed by atoms with van der Waals surface area (Å²) < 4.78 is 38.2. The van der Waals surface area contributed by atoms with Crippen molar-refractivity contribution in [2.24, 2.45) is 0 Å². The van der Waals surface area contributed by atoms with Gasteiger partial charge in [-0.05, 0) is 49.7 Å². The number of anilines is 2. The van der Waals surface area contributed by atoms with Crippen molar-refractivity contribution >= 4 is 22.4 Å². The second-order valence-corrected chi connectivity index (χ2v) is 6.70. The maximum atomic E-state index is 12.7. The third-order valence-electron chi connectivity index (χ3n) is 4.63. The number of rotatable bonds is 3. The van der Waals surface area contributed by atoms with E-state index in [1.165, 1.54) is 12.1 Å². The second kappa shape index (κ2) is 7.16. The lowest BCUT2D eigenvalue weighted by atomic mass is 10.0. The number of alkyl halides is 3. The van der Waals surface area contributed by atoms with Gasteiger partial charge in [-0.3, -0.25) is 4.98 Å². The molecule has 7 heteroatoms. The number of benzene rings is 2. The fourth-order valence-corrected chi connectivity index (χ4v) is 3.23. The average Bonchev–Trinajstić information content (AvgIpc) is 2.68. The lowest BCUT2D eigenvalue weighted by Gasteiger charge is -2.12. The Morgan fingerprint density at radius 2 is 1.66 bits per heavy atom. The SMILES string of the molecule is Cc1nc(Nc2ccc(C(F)(F)F)cc2)cc(-c2ccc3cccnc3c2C)n1. The highest BCUT2D eigenvalue weighted by Crippen LogP contribution is 2.31.